The van der Waals surface area contributed by atoms with Crippen molar-refractivity contribution in [1.82, 2.24) is 4.98 Å². The minimum Gasteiger partial charge on any atom is -0.497 e. The first-order valence-corrected chi connectivity index (χ1v) is 10.8. The van der Waals surface area contributed by atoms with Gasteiger partial charge in [0, 0.05) is 28.5 Å². The zero-order valence-electron chi connectivity index (χ0n) is 16.4. The van der Waals surface area contributed by atoms with Gasteiger partial charge in [-0.05, 0) is 35.9 Å². The molecule has 152 valence electrons. The number of methoxy groups -OCH3 is 3. The van der Waals surface area contributed by atoms with E-state index in [-0.39, 0.29) is 5.91 Å². The van der Waals surface area contributed by atoms with Gasteiger partial charge in [-0.2, -0.15) is 11.8 Å². The van der Waals surface area contributed by atoms with Crippen LogP contribution < -0.4 is 19.5 Å². The molecule has 0 aliphatic carbocycles. The van der Waals surface area contributed by atoms with E-state index in [1.165, 1.54) is 11.3 Å². The average molecular weight is 431 g/mol. The van der Waals surface area contributed by atoms with E-state index < -0.39 is 0 Å². The molecule has 29 heavy (non-hydrogen) atoms. The van der Waals surface area contributed by atoms with Gasteiger partial charge in [0.15, 0.2) is 5.13 Å². The molecule has 0 fully saturated rings. The third-order valence-corrected chi connectivity index (χ3v) is 5.88. The van der Waals surface area contributed by atoms with Crippen molar-refractivity contribution in [1.29, 1.82) is 0 Å². The van der Waals surface area contributed by atoms with Crippen LogP contribution in [0.15, 0.2) is 47.8 Å². The number of benzene rings is 2. The van der Waals surface area contributed by atoms with Crippen molar-refractivity contribution < 1.29 is 19.0 Å². The molecule has 8 heteroatoms. The zero-order chi connectivity index (χ0) is 20.6. The summed E-state index contributed by atoms with van der Waals surface area (Å²) in [6.07, 6.45) is 0. The van der Waals surface area contributed by atoms with Crippen LogP contribution >= 0.6 is 23.1 Å². The number of nitrogens with one attached hydrogen (secondary N) is 1. The van der Waals surface area contributed by atoms with Crippen molar-refractivity contribution in [3.63, 3.8) is 0 Å². The molecule has 6 nitrogen and oxygen atoms in total. The Bertz CT molecular complexity index is 953. The van der Waals surface area contributed by atoms with Crippen LogP contribution in [0.1, 0.15) is 21.6 Å². The lowest BCUT2D eigenvalue weighted by Crippen LogP contribution is -2.11. The van der Waals surface area contributed by atoms with Gasteiger partial charge in [-0.1, -0.05) is 6.07 Å². The van der Waals surface area contributed by atoms with Gasteiger partial charge in [-0.25, -0.2) is 4.98 Å². The lowest BCUT2D eigenvalue weighted by Gasteiger charge is -2.08. The predicted molar refractivity (Wildman–Crippen MR) is 118 cm³/mol. The van der Waals surface area contributed by atoms with Crippen LogP contribution in [-0.4, -0.2) is 32.2 Å². The minimum absolute atomic E-state index is 0.207. The minimum atomic E-state index is -0.207. The maximum Gasteiger partial charge on any atom is 0.257 e. The van der Waals surface area contributed by atoms with Crippen molar-refractivity contribution >= 4 is 34.1 Å². The molecule has 0 radical (unpaired) electrons. The monoisotopic (exact) mass is 430 g/mol. The summed E-state index contributed by atoms with van der Waals surface area (Å²) in [5.41, 5.74) is 2.58. The summed E-state index contributed by atoms with van der Waals surface area (Å²) >= 11 is 3.15. The van der Waals surface area contributed by atoms with Crippen molar-refractivity contribution in [3.8, 4) is 17.2 Å². The van der Waals surface area contributed by atoms with Crippen LogP contribution in [0.5, 0.6) is 17.2 Å². The second-order valence-electron chi connectivity index (χ2n) is 6.04. The van der Waals surface area contributed by atoms with Crippen LogP contribution in [0.4, 0.5) is 5.13 Å². The quantitative estimate of drug-likeness (QED) is 0.523. The van der Waals surface area contributed by atoms with Gasteiger partial charge >= 0.3 is 0 Å². The Morgan fingerprint density at radius 1 is 1.00 bits per heavy atom. The molecule has 0 atom stereocenters. The summed E-state index contributed by atoms with van der Waals surface area (Å²) in [6, 6.07) is 12.9. The predicted octanol–water partition coefficient (Wildman–Crippen LogP) is 4.85. The maximum absolute atomic E-state index is 12.4. The molecule has 1 heterocycles. The summed E-state index contributed by atoms with van der Waals surface area (Å²) in [5.74, 6) is 3.53. The SMILES string of the molecule is COc1cc(CSCc2csc(NC(=O)c3cccc(OC)c3)n2)cc(OC)c1. The topological polar surface area (TPSA) is 69.7 Å². The molecule has 2 aromatic carbocycles. The first-order valence-electron chi connectivity index (χ1n) is 8.80. The van der Waals surface area contributed by atoms with E-state index in [2.05, 4.69) is 10.3 Å². The van der Waals surface area contributed by atoms with Gasteiger partial charge in [0.1, 0.15) is 17.2 Å². The molecular weight excluding hydrogens is 408 g/mol. The normalized spacial score (nSPS) is 10.4. The molecule has 1 aromatic heterocycles. The number of thioether (sulfide) groups is 1. The highest BCUT2D eigenvalue weighted by molar-refractivity contribution is 7.97. The van der Waals surface area contributed by atoms with Crippen molar-refractivity contribution in [2.45, 2.75) is 11.5 Å². The Kier molecular flexibility index (Phi) is 7.37. The summed E-state index contributed by atoms with van der Waals surface area (Å²) in [5, 5.41) is 5.38. The molecule has 0 saturated heterocycles. The Morgan fingerprint density at radius 3 is 2.41 bits per heavy atom. The highest BCUT2D eigenvalue weighted by atomic mass is 32.2. The summed E-state index contributed by atoms with van der Waals surface area (Å²) < 4.78 is 15.8. The van der Waals surface area contributed by atoms with Crippen LogP contribution in [0, 0.1) is 0 Å². The third-order valence-electron chi connectivity index (χ3n) is 4.03. The van der Waals surface area contributed by atoms with E-state index in [9.17, 15) is 4.79 Å². The maximum atomic E-state index is 12.4. The van der Waals surface area contributed by atoms with Gasteiger partial charge in [0.25, 0.3) is 5.91 Å². The molecule has 0 spiro atoms. The van der Waals surface area contributed by atoms with Crippen LogP contribution in [0.3, 0.4) is 0 Å². The molecule has 3 aromatic rings. The number of nitrogens with zero attached hydrogens (tertiary/aromatic N) is 1. The Hall–Kier alpha value is -2.71. The van der Waals surface area contributed by atoms with E-state index in [4.69, 9.17) is 14.2 Å². The smallest absolute Gasteiger partial charge is 0.257 e. The molecule has 0 aliphatic heterocycles. The number of ether oxygens (including phenoxy) is 3. The molecule has 3 rings (SSSR count). The number of aromatic nitrogens is 1. The van der Waals surface area contributed by atoms with Crippen LogP contribution in [0.25, 0.3) is 0 Å². The van der Waals surface area contributed by atoms with E-state index in [1.807, 2.05) is 23.6 Å². The lowest BCUT2D eigenvalue weighted by molar-refractivity contribution is 0.102. The number of hydrogen-bond donors (Lipinski definition) is 1. The molecule has 1 amide bonds. The molecule has 0 saturated carbocycles. The second kappa shape index (κ2) is 10.2. The van der Waals surface area contributed by atoms with Gasteiger partial charge in [0.05, 0.1) is 27.0 Å². The van der Waals surface area contributed by atoms with Gasteiger partial charge < -0.3 is 14.2 Å². The van der Waals surface area contributed by atoms with E-state index in [0.717, 1.165) is 34.3 Å². The second-order valence-corrected chi connectivity index (χ2v) is 7.89. The number of carbonyl (C=O) groups excluding carboxylic acids is 1. The molecular formula is C21H22N2O4S2. The number of thiazole rings is 1. The van der Waals surface area contributed by atoms with Crippen LogP contribution in [0.2, 0.25) is 0 Å². The van der Waals surface area contributed by atoms with Gasteiger partial charge in [-0.3, -0.25) is 10.1 Å². The number of carbonyl (C=O) groups is 1. The zero-order valence-corrected chi connectivity index (χ0v) is 18.1. The Balaban J connectivity index is 1.54. The van der Waals surface area contributed by atoms with Gasteiger partial charge in [-0.15, -0.1) is 11.3 Å². The van der Waals surface area contributed by atoms with Crippen molar-refractivity contribution in [3.05, 3.63) is 64.7 Å². The number of hydrogen-bond acceptors (Lipinski definition) is 7. The van der Waals surface area contributed by atoms with E-state index >= 15 is 0 Å². The number of anilines is 1. The van der Waals surface area contributed by atoms with Crippen molar-refractivity contribution in [2.24, 2.45) is 0 Å². The Labute approximate surface area is 178 Å². The fraction of sp³-hybridized carbons (Fsp3) is 0.238. The highest BCUT2D eigenvalue weighted by Crippen LogP contribution is 2.27. The fourth-order valence-electron chi connectivity index (χ4n) is 2.59. The molecule has 0 aliphatic rings. The van der Waals surface area contributed by atoms with Gasteiger partial charge in [0.2, 0.25) is 0 Å². The third kappa shape index (κ3) is 5.88. The Morgan fingerprint density at radius 2 is 1.72 bits per heavy atom. The number of rotatable bonds is 9. The van der Waals surface area contributed by atoms with E-state index in [0.29, 0.717) is 16.4 Å². The summed E-state index contributed by atoms with van der Waals surface area (Å²) in [7, 11) is 4.86. The summed E-state index contributed by atoms with van der Waals surface area (Å²) in [4.78, 5) is 16.9. The first-order chi connectivity index (χ1) is 14.1. The largest absolute Gasteiger partial charge is 0.497 e. The standard InChI is InChI=1S/C21H22N2O4S2/c1-25-17-6-4-5-15(9-17)20(24)23-21-22-16(13-29-21)12-28-11-14-7-18(26-2)10-19(8-14)27-3/h4-10,13H,11-12H2,1-3H3,(H,22,23,24). The summed E-state index contributed by atoms with van der Waals surface area (Å²) in [6.45, 7) is 0. The first kappa shape index (κ1) is 21.0. The highest BCUT2D eigenvalue weighted by Gasteiger charge is 2.10. The molecule has 0 unspecified atom stereocenters. The molecule has 1 N–H and O–H groups in total. The van der Waals surface area contributed by atoms with Crippen LogP contribution in [-0.2, 0) is 11.5 Å². The average Bonchev–Trinajstić information content (AvgIpc) is 3.20. The fourth-order valence-corrected chi connectivity index (χ4v) is 4.26. The van der Waals surface area contributed by atoms with E-state index in [1.54, 1.807) is 57.4 Å². The lowest BCUT2D eigenvalue weighted by atomic mass is 10.2. The number of amides is 1. The molecule has 0 bridgehead atoms. The van der Waals surface area contributed by atoms with Crippen molar-refractivity contribution in [2.75, 3.05) is 26.6 Å².